The van der Waals surface area contributed by atoms with Crippen molar-refractivity contribution in [2.75, 3.05) is 13.1 Å². The van der Waals surface area contributed by atoms with Crippen LogP contribution < -0.4 is 5.56 Å². The van der Waals surface area contributed by atoms with Crippen LogP contribution in [0.5, 0.6) is 0 Å². The van der Waals surface area contributed by atoms with Gasteiger partial charge in [0.15, 0.2) is 0 Å². The van der Waals surface area contributed by atoms with E-state index in [2.05, 4.69) is 23.5 Å². The van der Waals surface area contributed by atoms with Gasteiger partial charge in [-0.3, -0.25) is 9.69 Å². The summed E-state index contributed by atoms with van der Waals surface area (Å²) in [7, 11) is 0. The number of thiophene rings is 1. The smallest absolute Gasteiger partial charge is 0.275 e. The molecule has 0 spiro atoms. The highest BCUT2D eigenvalue weighted by Crippen LogP contribution is 2.28. The van der Waals surface area contributed by atoms with Gasteiger partial charge in [0.05, 0.1) is 16.9 Å². The number of benzene rings is 1. The third-order valence-corrected chi connectivity index (χ3v) is 4.77. The van der Waals surface area contributed by atoms with Crippen molar-refractivity contribution in [3.05, 3.63) is 64.3 Å². The molecule has 0 N–H and O–H groups in total. The Labute approximate surface area is 145 Å². The molecule has 0 saturated heterocycles. The Kier molecular flexibility index (Phi) is 4.92. The molecule has 5 heteroatoms. The maximum Gasteiger partial charge on any atom is 0.275 e. The third-order valence-electron chi connectivity index (χ3n) is 3.90. The molecule has 0 amide bonds. The zero-order valence-corrected chi connectivity index (χ0v) is 14.8. The maximum atomic E-state index is 12.8. The van der Waals surface area contributed by atoms with Crippen LogP contribution in [0.25, 0.3) is 21.3 Å². The van der Waals surface area contributed by atoms with E-state index in [1.807, 2.05) is 48.7 Å². The van der Waals surface area contributed by atoms with Gasteiger partial charge in [0.1, 0.15) is 5.69 Å². The Bertz CT molecular complexity index is 912. The predicted octanol–water partition coefficient (Wildman–Crippen LogP) is 3.98. The lowest BCUT2D eigenvalue weighted by Gasteiger charge is -2.21. The zero-order valence-electron chi connectivity index (χ0n) is 14.0. The van der Waals surface area contributed by atoms with Crippen molar-refractivity contribution >= 4 is 22.1 Å². The van der Waals surface area contributed by atoms with E-state index in [0.29, 0.717) is 12.1 Å². The Morgan fingerprint density at radius 1 is 1.25 bits per heavy atom. The normalized spacial score (nSPS) is 11.3. The molecule has 0 fully saturated rings. The first-order valence-electron chi connectivity index (χ1n) is 8.00. The van der Waals surface area contributed by atoms with Crippen molar-refractivity contribution in [1.29, 1.82) is 0 Å². The van der Waals surface area contributed by atoms with Crippen LogP contribution in [0.3, 0.4) is 0 Å². The van der Waals surface area contributed by atoms with Crippen LogP contribution in [0.4, 0.5) is 0 Å². The standard InChI is InChI=1S/C19H21N3OS/c1-4-21(12-14(2)3)13-22-19(23)16-9-6-5-8-15(16)18(20-22)17-10-7-11-24-17/h5-11H,2,4,12-13H2,1,3H3. The van der Waals surface area contributed by atoms with Gasteiger partial charge in [-0.05, 0) is 31.0 Å². The summed E-state index contributed by atoms with van der Waals surface area (Å²) in [5.41, 5.74) is 1.89. The molecule has 4 nitrogen and oxygen atoms in total. The summed E-state index contributed by atoms with van der Waals surface area (Å²) in [5.74, 6) is 0. The highest BCUT2D eigenvalue weighted by atomic mass is 32.1. The summed E-state index contributed by atoms with van der Waals surface area (Å²) >= 11 is 1.64. The highest BCUT2D eigenvalue weighted by molar-refractivity contribution is 7.13. The molecule has 0 bridgehead atoms. The van der Waals surface area contributed by atoms with Crippen LogP contribution in [0, 0.1) is 0 Å². The lowest BCUT2D eigenvalue weighted by molar-refractivity contribution is 0.231. The summed E-state index contributed by atoms with van der Waals surface area (Å²) < 4.78 is 1.57. The molecule has 0 aliphatic carbocycles. The quantitative estimate of drug-likeness (QED) is 0.638. The van der Waals surface area contributed by atoms with Crippen LogP contribution in [0.1, 0.15) is 13.8 Å². The van der Waals surface area contributed by atoms with Crippen LogP contribution in [0.2, 0.25) is 0 Å². The van der Waals surface area contributed by atoms with Gasteiger partial charge in [0.2, 0.25) is 0 Å². The third kappa shape index (κ3) is 3.32. The lowest BCUT2D eigenvalue weighted by atomic mass is 10.1. The molecule has 2 heterocycles. The van der Waals surface area contributed by atoms with E-state index in [-0.39, 0.29) is 5.56 Å². The number of fused-ring (bicyclic) bond motifs is 1. The number of hydrogen-bond acceptors (Lipinski definition) is 4. The fourth-order valence-corrected chi connectivity index (χ4v) is 3.48. The van der Waals surface area contributed by atoms with E-state index in [4.69, 9.17) is 0 Å². The second-order valence-corrected chi connectivity index (χ2v) is 6.87. The van der Waals surface area contributed by atoms with Crippen molar-refractivity contribution < 1.29 is 0 Å². The predicted molar refractivity (Wildman–Crippen MR) is 101 cm³/mol. The molecular weight excluding hydrogens is 318 g/mol. The Morgan fingerprint density at radius 2 is 2.00 bits per heavy atom. The van der Waals surface area contributed by atoms with Crippen LogP contribution in [0.15, 0.2) is 58.7 Å². The van der Waals surface area contributed by atoms with Gasteiger partial charge < -0.3 is 0 Å². The largest absolute Gasteiger partial charge is 0.281 e. The molecule has 3 aromatic rings. The first-order valence-corrected chi connectivity index (χ1v) is 8.88. The summed E-state index contributed by atoms with van der Waals surface area (Å²) in [5, 5.41) is 8.33. The maximum absolute atomic E-state index is 12.8. The Hall–Kier alpha value is -2.24. The first kappa shape index (κ1) is 16.6. The molecule has 2 aromatic heterocycles. The van der Waals surface area contributed by atoms with Crippen molar-refractivity contribution in [2.24, 2.45) is 0 Å². The molecule has 0 unspecified atom stereocenters. The number of nitrogens with zero attached hydrogens (tertiary/aromatic N) is 3. The van der Waals surface area contributed by atoms with Crippen LogP contribution >= 0.6 is 11.3 Å². The summed E-state index contributed by atoms with van der Waals surface area (Å²) in [4.78, 5) is 16.1. The fraction of sp³-hybridized carbons (Fsp3) is 0.263. The minimum atomic E-state index is -0.0499. The second-order valence-electron chi connectivity index (χ2n) is 5.92. The number of rotatable bonds is 6. The van der Waals surface area contributed by atoms with Gasteiger partial charge in [0, 0.05) is 11.9 Å². The summed E-state index contributed by atoms with van der Waals surface area (Å²) in [6.45, 7) is 10.1. The van der Waals surface area contributed by atoms with Crippen molar-refractivity contribution in [1.82, 2.24) is 14.7 Å². The van der Waals surface area contributed by atoms with Crippen LogP contribution in [-0.4, -0.2) is 27.8 Å². The van der Waals surface area contributed by atoms with Gasteiger partial charge in [-0.15, -0.1) is 11.3 Å². The molecule has 124 valence electrons. The van der Waals surface area contributed by atoms with Crippen molar-refractivity contribution in [3.63, 3.8) is 0 Å². The molecule has 0 aliphatic rings. The van der Waals surface area contributed by atoms with Crippen LogP contribution in [-0.2, 0) is 6.67 Å². The van der Waals surface area contributed by atoms with E-state index >= 15 is 0 Å². The van der Waals surface area contributed by atoms with Gasteiger partial charge in [-0.2, -0.15) is 5.10 Å². The first-order chi connectivity index (χ1) is 11.6. The minimum Gasteiger partial charge on any atom is -0.281 e. The van der Waals surface area contributed by atoms with Gasteiger partial charge in [0.25, 0.3) is 5.56 Å². The average Bonchev–Trinajstić information content (AvgIpc) is 3.10. The van der Waals surface area contributed by atoms with Crippen molar-refractivity contribution in [3.8, 4) is 10.6 Å². The summed E-state index contributed by atoms with van der Waals surface area (Å²) in [6.07, 6.45) is 0. The van der Waals surface area contributed by atoms with E-state index in [1.165, 1.54) is 0 Å². The minimum absolute atomic E-state index is 0.0499. The molecule has 0 saturated carbocycles. The molecule has 0 aliphatic heterocycles. The molecule has 0 radical (unpaired) electrons. The monoisotopic (exact) mass is 339 g/mol. The van der Waals surface area contributed by atoms with E-state index in [1.54, 1.807) is 16.0 Å². The topological polar surface area (TPSA) is 38.1 Å². The lowest BCUT2D eigenvalue weighted by Crippen LogP contribution is -2.35. The van der Waals surface area contributed by atoms with Crippen molar-refractivity contribution in [2.45, 2.75) is 20.5 Å². The second kappa shape index (κ2) is 7.11. The van der Waals surface area contributed by atoms with Gasteiger partial charge in [-0.1, -0.05) is 43.3 Å². The van der Waals surface area contributed by atoms with E-state index in [0.717, 1.165) is 34.6 Å². The highest BCUT2D eigenvalue weighted by Gasteiger charge is 2.14. The molecule has 24 heavy (non-hydrogen) atoms. The van der Waals surface area contributed by atoms with E-state index < -0.39 is 0 Å². The Morgan fingerprint density at radius 3 is 2.62 bits per heavy atom. The number of aromatic nitrogens is 2. The molecular formula is C19H21N3OS. The van der Waals surface area contributed by atoms with E-state index in [9.17, 15) is 4.79 Å². The van der Waals surface area contributed by atoms with Gasteiger partial charge >= 0.3 is 0 Å². The Balaban J connectivity index is 2.13. The number of likely N-dealkylation sites (N-methyl/N-ethyl adjacent to an activating group) is 1. The molecule has 3 rings (SSSR count). The van der Waals surface area contributed by atoms with Gasteiger partial charge in [-0.25, -0.2) is 4.68 Å². The number of hydrogen-bond donors (Lipinski definition) is 0. The molecule has 1 aromatic carbocycles. The summed E-state index contributed by atoms with van der Waals surface area (Å²) in [6, 6.07) is 11.7. The average molecular weight is 339 g/mol. The SMILES string of the molecule is C=C(C)CN(CC)Cn1nc(-c2cccs2)c2ccccc2c1=O. The molecule has 0 atom stereocenters. The zero-order chi connectivity index (χ0) is 17.1. The fourth-order valence-electron chi connectivity index (χ4n) is 2.76.